The Hall–Kier alpha value is -1.95. The number of benzene rings is 3. The van der Waals surface area contributed by atoms with Crippen molar-refractivity contribution in [2.75, 3.05) is 0 Å². The van der Waals surface area contributed by atoms with Crippen LogP contribution in [0.15, 0.2) is 84.9 Å². The van der Waals surface area contributed by atoms with Gasteiger partial charge < -0.3 is 4.74 Å². The molecule has 1 nitrogen and oxygen atoms in total. The molecule has 4 rings (SSSR count). The van der Waals surface area contributed by atoms with Crippen molar-refractivity contribution in [1.82, 2.24) is 0 Å². The van der Waals surface area contributed by atoms with Gasteiger partial charge in [-0.25, -0.2) is 0 Å². The third kappa shape index (κ3) is 2.97. The molecule has 1 saturated heterocycles. The van der Waals surface area contributed by atoms with Crippen molar-refractivity contribution in [2.24, 2.45) is 0 Å². The lowest BCUT2D eigenvalue weighted by atomic mass is 10.0. The van der Waals surface area contributed by atoms with E-state index in [2.05, 4.69) is 78.9 Å². The Morgan fingerprint density at radius 1 is 0.545 bits per heavy atom. The van der Waals surface area contributed by atoms with E-state index in [4.69, 9.17) is 4.74 Å². The summed E-state index contributed by atoms with van der Waals surface area (Å²) in [5.74, 6) is 0. The molecule has 0 N–H and O–H groups in total. The first-order chi connectivity index (χ1) is 10.9. The Kier molecular flexibility index (Phi) is 3.76. The molecule has 3 aromatic carbocycles. The Balaban J connectivity index is 1.45. The number of rotatable bonds is 4. The third-order valence-electron chi connectivity index (χ3n) is 3.92. The fourth-order valence-electron chi connectivity index (χ4n) is 2.71. The van der Waals surface area contributed by atoms with E-state index >= 15 is 0 Å². The highest BCUT2D eigenvalue weighted by Gasteiger charge is 2.41. The van der Waals surface area contributed by atoms with Gasteiger partial charge in [-0.15, -0.1) is 0 Å². The first kappa shape index (κ1) is 13.7. The van der Waals surface area contributed by atoms with E-state index in [9.17, 15) is 0 Å². The zero-order valence-electron chi connectivity index (χ0n) is 12.1. The summed E-state index contributed by atoms with van der Waals surface area (Å²) in [5, 5.41) is 2.74. The summed E-state index contributed by atoms with van der Waals surface area (Å²) in [6.07, 6.45) is 0.445. The molecule has 1 heterocycles. The van der Waals surface area contributed by atoms with Crippen LogP contribution in [0.5, 0.6) is 0 Å². The minimum atomic E-state index is 0.219. The minimum Gasteiger partial charge on any atom is -0.359 e. The molecule has 108 valence electrons. The first-order valence-electron chi connectivity index (χ1n) is 7.52. The van der Waals surface area contributed by atoms with E-state index in [1.165, 1.54) is 21.7 Å². The van der Waals surface area contributed by atoms with Crippen LogP contribution in [0.2, 0.25) is 0 Å². The van der Waals surface area contributed by atoms with Crippen LogP contribution in [-0.4, -0.2) is 0 Å². The van der Waals surface area contributed by atoms with Crippen molar-refractivity contribution in [3.05, 3.63) is 96.1 Å². The third-order valence-corrected chi connectivity index (χ3v) is 5.17. The molecule has 0 spiro atoms. The summed E-state index contributed by atoms with van der Waals surface area (Å²) in [6.45, 7) is 0. The molecule has 1 fully saturated rings. The van der Waals surface area contributed by atoms with E-state index in [0.29, 0.717) is 8.58 Å². The predicted octanol–water partition coefficient (Wildman–Crippen LogP) is 4.13. The molecule has 0 bridgehead atoms. The first-order valence-corrected chi connectivity index (χ1v) is 8.52. The SMILES string of the molecule is c1ccc(Pc2ccc(C3OC3c3ccccc3)cc2)cc1. The van der Waals surface area contributed by atoms with Gasteiger partial charge >= 0.3 is 0 Å². The molecule has 0 saturated carbocycles. The van der Waals surface area contributed by atoms with Crippen molar-refractivity contribution in [3.63, 3.8) is 0 Å². The molecule has 2 heteroatoms. The van der Waals surface area contributed by atoms with E-state index in [-0.39, 0.29) is 12.2 Å². The van der Waals surface area contributed by atoms with Gasteiger partial charge in [-0.3, -0.25) is 0 Å². The lowest BCUT2D eigenvalue weighted by Crippen LogP contribution is -2.02. The molecule has 0 aromatic heterocycles. The molecule has 3 unspecified atom stereocenters. The number of ether oxygens (including phenoxy) is 1. The molecule has 1 aliphatic heterocycles. The van der Waals surface area contributed by atoms with Crippen molar-refractivity contribution < 1.29 is 4.74 Å². The molecular formula is C20H17OP. The van der Waals surface area contributed by atoms with Gasteiger partial charge in [0.15, 0.2) is 0 Å². The lowest BCUT2D eigenvalue weighted by Gasteiger charge is -2.03. The fraction of sp³-hybridized carbons (Fsp3) is 0.100. The summed E-state index contributed by atoms with van der Waals surface area (Å²) in [4.78, 5) is 0. The van der Waals surface area contributed by atoms with Gasteiger partial charge in [-0.2, -0.15) is 0 Å². The smallest absolute Gasteiger partial charge is 0.114 e. The Labute approximate surface area is 132 Å². The lowest BCUT2D eigenvalue weighted by molar-refractivity contribution is 0.378. The molecule has 22 heavy (non-hydrogen) atoms. The summed E-state index contributed by atoms with van der Waals surface area (Å²) in [6, 6.07) is 29.9. The second-order valence-corrected chi connectivity index (χ2v) is 6.91. The molecule has 3 aromatic rings. The standard InChI is InChI=1S/C20H17OP/c1-3-7-15(8-4-1)19-20(21-19)16-11-13-18(14-12-16)22-17-9-5-2-6-10-17/h1-14,19-20,22H. The average Bonchev–Trinajstić information content (AvgIpc) is 3.38. The van der Waals surface area contributed by atoms with Gasteiger partial charge in [0, 0.05) is 0 Å². The highest BCUT2D eigenvalue weighted by molar-refractivity contribution is 7.55. The monoisotopic (exact) mass is 304 g/mol. The van der Waals surface area contributed by atoms with Crippen LogP contribution in [0.25, 0.3) is 0 Å². The topological polar surface area (TPSA) is 12.5 Å². The van der Waals surface area contributed by atoms with Gasteiger partial charge in [0.1, 0.15) is 12.2 Å². The van der Waals surface area contributed by atoms with Crippen LogP contribution >= 0.6 is 8.58 Å². The Morgan fingerprint density at radius 3 is 1.68 bits per heavy atom. The predicted molar refractivity (Wildman–Crippen MR) is 93.5 cm³/mol. The molecule has 0 radical (unpaired) electrons. The number of hydrogen-bond acceptors (Lipinski definition) is 1. The van der Waals surface area contributed by atoms with Gasteiger partial charge in [-0.05, 0) is 21.7 Å². The van der Waals surface area contributed by atoms with Crippen LogP contribution in [0.1, 0.15) is 23.3 Å². The fourth-order valence-corrected chi connectivity index (χ4v) is 3.73. The zero-order valence-corrected chi connectivity index (χ0v) is 13.1. The maximum atomic E-state index is 5.85. The normalized spacial score (nSPS) is 20.4. The van der Waals surface area contributed by atoms with E-state index < -0.39 is 0 Å². The Morgan fingerprint density at radius 2 is 1.05 bits per heavy atom. The summed E-state index contributed by atoms with van der Waals surface area (Å²) >= 11 is 0. The van der Waals surface area contributed by atoms with Gasteiger partial charge in [0.2, 0.25) is 0 Å². The molecule has 0 amide bonds. The summed E-state index contributed by atoms with van der Waals surface area (Å²) in [5.41, 5.74) is 2.54. The van der Waals surface area contributed by atoms with E-state index in [1.807, 2.05) is 6.07 Å². The quantitative estimate of drug-likeness (QED) is 0.521. The van der Waals surface area contributed by atoms with Crippen LogP contribution in [-0.2, 0) is 4.74 Å². The average molecular weight is 304 g/mol. The van der Waals surface area contributed by atoms with Gasteiger partial charge in [-0.1, -0.05) is 93.5 Å². The van der Waals surface area contributed by atoms with Gasteiger partial charge in [0.05, 0.1) is 0 Å². The van der Waals surface area contributed by atoms with E-state index in [1.54, 1.807) is 0 Å². The highest BCUT2D eigenvalue weighted by atomic mass is 31.1. The summed E-state index contributed by atoms with van der Waals surface area (Å²) < 4.78 is 5.85. The minimum absolute atomic E-state index is 0.219. The van der Waals surface area contributed by atoms with Crippen LogP contribution in [0.4, 0.5) is 0 Å². The maximum absolute atomic E-state index is 5.85. The molecular weight excluding hydrogens is 287 g/mol. The largest absolute Gasteiger partial charge is 0.359 e. The van der Waals surface area contributed by atoms with Crippen LogP contribution in [0.3, 0.4) is 0 Å². The molecule has 0 aliphatic carbocycles. The maximum Gasteiger partial charge on any atom is 0.114 e. The Bertz CT molecular complexity index is 738. The van der Waals surface area contributed by atoms with Gasteiger partial charge in [0.25, 0.3) is 0 Å². The number of epoxide rings is 1. The van der Waals surface area contributed by atoms with Crippen molar-refractivity contribution in [1.29, 1.82) is 0 Å². The zero-order chi connectivity index (χ0) is 14.8. The second-order valence-electron chi connectivity index (χ2n) is 5.50. The van der Waals surface area contributed by atoms with E-state index in [0.717, 1.165) is 0 Å². The highest BCUT2D eigenvalue weighted by Crippen LogP contribution is 2.50. The number of hydrogen-bond donors (Lipinski definition) is 0. The molecule has 1 aliphatic rings. The second kappa shape index (κ2) is 6.04. The summed E-state index contributed by atoms with van der Waals surface area (Å²) in [7, 11) is 0.713. The molecule has 3 atom stereocenters. The van der Waals surface area contributed by atoms with Crippen LogP contribution in [0, 0.1) is 0 Å². The van der Waals surface area contributed by atoms with Crippen molar-refractivity contribution >= 4 is 19.2 Å². The van der Waals surface area contributed by atoms with Crippen LogP contribution < -0.4 is 10.6 Å². The van der Waals surface area contributed by atoms with Crippen molar-refractivity contribution in [3.8, 4) is 0 Å². The van der Waals surface area contributed by atoms with Crippen molar-refractivity contribution in [2.45, 2.75) is 12.2 Å².